The second-order valence-electron chi connectivity index (χ2n) is 6.70. The molecule has 1 aromatic rings. The molecule has 1 aromatic carbocycles. The molecule has 7 nitrogen and oxygen atoms in total. The fourth-order valence-electron chi connectivity index (χ4n) is 3.59. The van der Waals surface area contributed by atoms with E-state index >= 15 is 0 Å². The van der Waals surface area contributed by atoms with Crippen LogP contribution in [0.5, 0.6) is 0 Å². The Hall–Kier alpha value is -1.77. The average Bonchev–Trinajstić information content (AvgIpc) is 2.96. The maximum Gasteiger partial charge on any atom is 0.338 e. The molecule has 3 rings (SSSR count). The molecule has 0 saturated carbocycles. The van der Waals surface area contributed by atoms with Gasteiger partial charge in [-0.15, -0.1) is 0 Å². The molecule has 0 unspecified atom stereocenters. The van der Waals surface area contributed by atoms with Crippen molar-refractivity contribution in [1.82, 2.24) is 10.2 Å². The molecule has 0 aliphatic carbocycles. The molecular formula is C18H20Cl2N2O5S. The van der Waals surface area contributed by atoms with Crippen molar-refractivity contribution < 1.29 is 22.7 Å². The molecule has 1 saturated heterocycles. The van der Waals surface area contributed by atoms with Gasteiger partial charge in [-0.2, -0.15) is 0 Å². The number of allylic oxidation sites excluding steroid dienone is 1. The zero-order valence-electron chi connectivity index (χ0n) is 15.4. The summed E-state index contributed by atoms with van der Waals surface area (Å²) in [5, 5.41) is 3.43. The van der Waals surface area contributed by atoms with E-state index in [1.165, 1.54) is 4.90 Å². The van der Waals surface area contributed by atoms with Gasteiger partial charge in [0, 0.05) is 5.70 Å². The Morgan fingerprint density at radius 3 is 2.61 bits per heavy atom. The molecule has 2 aliphatic heterocycles. The summed E-state index contributed by atoms with van der Waals surface area (Å²) in [4.78, 5) is 26.9. The van der Waals surface area contributed by atoms with E-state index < -0.39 is 33.9 Å². The molecule has 2 atom stereocenters. The number of nitrogens with one attached hydrogen (secondary N) is 1. The predicted molar refractivity (Wildman–Crippen MR) is 106 cm³/mol. The second kappa shape index (κ2) is 7.93. The van der Waals surface area contributed by atoms with Crippen molar-refractivity contribution in [3.63, 3.8) is 0 Å². The number of carbonyl (C=O) groups excluding carboxylic acids is 2. The van der Waals surface area contributed by atoms with Gasteiger partial charge in [-0.25, -0.2) is 18.0 Å². The number of urea groups is 1. The largest absolute Gasteiger partial charge is 0.463 e. The van der Waals surface area contributed by atoms with E-state index in [1.807, 2.05) is 0 Å². The van der Waals surface area contributed by atoms with Gasteiger partial charge < -0.3 is 10.1 Å². The van der Waals surface area contributed by atoms with Crippen molar-refractivity contribution >= 4 is 45.0 Å². The first-order valence-electron chi connectivity index (χ1n) is 8.77. The van der Waals surface area contributed by atoms with E-state index in [9.17, 15) is 18.0 Å². The molecule has 0 spiro atoms. The number of halogens is 2. The van der Waals surface area contributed by atoms with E-state index in [4.69, 9.17) is 27.9 Å². The number of nitrogens with zero attached hydrogens (tertiary/aromatic N) is 1. The molecule has 1 fully saturated rings. The highest BCUT2D eigenvalue weighted by Gasteiger charge is 2.42. The SMILES string of the molecule is CCOC(=O)C1=C(C)N([C@H]2CCS(=O)(=O)C2)C(=O)N[C@@H]1c1ccc(Cl)c(Cl)c1. The maximum absolute atomic E-state index is 12.8. The van der Waals surface area contributed by atoms with E-state index in [0.717, 1.165) is 0 Å². The van der Waals surface area contributed by atoms with E-state index in [1.54, 1.807) is 32.0 Å². The molecule has 152 valence electrons. The molecule has 1 N–H and O–H groups in total. The summed E-state index contributed by atoms with van der Waals surface area (Å²) in [5.41, 5.74) is 1.19. The lowest BCUT2D eigenvalue weighted by molar-refractivity contribution is -0.139. The van der Waals surface area contributed by atoms with Gasteiger partial charge in [0.2, 0.25) is 0 Å². The zero-order chi connectivity index (χ0) is 20.6. The van der Waals surface area contributed by atoms with Crippen LogP contribution in [0.1, 0.15) is 31.9 Å². The number of carbonyl (C=O) groups is 2. The lowest BCUT2D eigenvalue weighted by Crippen LogP contribution is -2.52. The number of hydrogen-bond acceptors (Lipinski definition) is 5. The van der Waals surface area contributed by atoms with Crippen molar-refractivity contribution in [3.05, 3.63) is 45.1 Å². The summed E-state index contributed by atoms with van der Waals surface area (Å²) in [6.07, 6.45) is 0.320. The van der Waals surface area contributed by atoms with Crippen LogP contribution in [0.25, 0.3) is 0 Å². The van der Waals surface area contributed by atoms with Crippen molar-refractivity contribution in [2.45, 2.75) is 32.4 Å². The molecule has 0 radical (unpaired) electrons. The van der Waals surface area contributed by atoms with Crippen LogP contribution in [0.2, 0.25) is 10.0 Å². The Balaban J connectivity index is 2.07. The highest BCUT2D eigenvalue weighted by Crippen LogP contribution is 2.36. The van der Waals surface area contributed by atoms with Gasteiger partial charge in [-0.05, 0) is 38.0 Å². The first-order valence-corrected chi connectivity index (χ1v) is 11.4. The lowest BCUT2D eigenvalue weighted by Gasteiger charge is -2.38. The highest BCUT2D eigenvalue weighted by atomic mass is 35.5. The van der Waals surface area contributed by atoms with Crippen molar-refractivity contribution in [3.8, 4) is 0 Å². The van der Waals surface area contributed by atoms with Crippen LogP contribution in [-0.4, -0.2) is 49.5 Å². The van der Waals surface area contributed by atoms with Crippen LogP contribution in [0, 0.1) is 0 Å². The van der Waals surface area contributed by atoms with Crippen LogP contribution in [0.4, 0.5) is 4.79 Å². The fraction of sp³-hybridized carbons (Fsp3) is 0.444. The van der Waals surface area contributed by atoms with Crippen LogP contribution in [0.3, 0.4) is 0 Å². The number of ether oxygens (including phenoxy) is 1. The Kier molecular flexibility index (Phi) is 5.93. The van der Waals surface area contributed by atoms with Crippen LogP contribution in [-0.2, 0) is 19.4 Å². The predicted octanol–water partition coefficient (Wildman–Crippen LogP) is 3.08. The quantitative estimate of drug-likeness (QED) is 0.717. The third-order valence-corrected chi connectivity index (χ3v) is 7.36. The van der Waals surface area contributed by atoms with Crippen molar-refractivity contribution in [1.29, 1.82) is 0 Å². The Labute approximate surface area is 173 Å². The monoisotopic (exact) mass is 446 g/mol. The Morgan fingerprint density at radius 1 is 1.32 bits per heavy atom. The van der Waals surface area contributed by atoms with Gasteiger partial charge in [-0.3, -0.25) is 4.90 Å². The lowest BCUT2D eigenvalue weighted by atomic mass is 9.94. The summed E-state index contributed by atoms with van der Waals surface area (Å²) in [6.45, 7) is 3.47. The van der Waals surface area contributed by atoms with Gasteiger partial charge >= 0.3 is 12.0 Å². The third kappa shape index (κ3) is 3.99. The van der Waals surface area contributed by atoms with E-state index in [2.05, 4.69) is 5.32 Å². The molecule has 2 amide bonds. The molecule has 2 aliphatic rings. The molecule has 0 bridgehead atoms. The van der Waals surface area contributed by atoms with E-state index in [-0.39, 0.29) is 23.7 Å². The molecule has 2 heterocycles. The average molecular weight is 447 g/mol. The minimum atomic E-state index is -3.21. The van der Waals surface area contributed by atoms with Gasteiger partial charge in [0.1, 0.15) is 0 Å². The minimum absolute atomic E-state index is 0.0136. The van der Waals surface area contributed by atoms with Crippen molar-refractivity contribution in [2.24, 2.45) is 0 Å². The van der Waals surface area contributed by atoms with Crippen LogP contribution in [0.15, 0.2) is 29.5 Å². The number of hydrogen-bond donors (Lipinski definition) is 1. The van der Waals surface area contributed by atoms with Gasteiger partial charge in [-0.1, -0.05) is 29.3 Å². The summed E-state index contributed by atoms with van der Waals surface area (Å²) in [6, 6.07) is 3.06. The zero-order valence-corrected chi connectivity index (χ0v) is 17.7. The minimum Gasteiger partial charge on any atom is -0.463 e. The van der Waals surface area contributed by atoms with Crippen molar-refractivity contribution in [2.75, 3.05) is 18.1 Å². The number of esters is 1. The summed E-state index contributed by atoms with van der Waals surface area (Å²) < 4.78 is 28.9. The molecule has 10 heteroatoms. The van der Waals surface area contributed by atoms with Crippen LogP contribution < -0.4 is 5.32 Å². The number of benzene rings is 1. The van der Waals surface area contributed by atoms with E-state index in [0.29, 0.717) is 27.7 Å². The fourth-order valence-corrected chi connectivity index (χ4v) is 5.60. The Bertz CT molecular complexity index is 961. The molecule has 0 aromatic heterocycles. The van der Waals surface area contributed by atoms with Gasteiger partial charge in [0.05, 0.1) is 45.8 Å². The van der Waals surface area contributed by atoms with Crippen LogP contribution >= 0.6 is 23.2 Å². The Morgan fingerprint density at radius 2 is 2.04 bits per heavy atom. The smallest absolute Gasteiger partial charge is 0.338 e. The number of rotatable bonds is 4. The second-order valence-corrected chi connectivity index (χ2v) is 9.75. The number of amides is 2. The maximum atomic E-state index is 12.8. The molecular weight excluding hydrogens is 427 g/mol. The first kappa shape index (κ1) is 21.0. The van der Waals surface area contributed by atoms with Gasteiger partial charge in [0.15, 0.2) is 9.84 Å². The topological polar surface area (TPSA) is 92.8 Å². The number of sulfone groups is 1. The first-order chi connectivity index (χ1) is 13.1. The summed E-state index contributed by atoms with van der Waals surface area (Å²) in [5.74, 6) is -0.702. The van der Waals surface area contributed by atoms with Gasteiger partial charge in [0.25, 0.3) is 0 Å². The summed E-state index contributed by atoms with van der Waals surface area (Å²) >= 11 is 12.1. The molecule has 28 heavy (non-hydrogen) atoms. The third-order valence-electron chi connectivity index (χ3n) is 4.87. The normalized spacial score (nSPS) is 24.3. The highest BCUT2D eigenvalue weighted by molar-refractivity contribution is 7.91. The standard InChI is InChI=1S/C18H20Cl2N2O5S/c1-3-27-17(23)15-10(2)22(12-6-7-28(25,26)9-12)18(24)21-16(15)11-4-5-13(19)14(20)8-11/h4-5,8,12,16H,3,6-7,9H2,1-2H3,(H,21,24)/t12-,16+/m0/s1. The summed E-state index contributed by atoms with van der Waals surface area (Å²) in [7, 11) is -3.21.